The number of fused-ring (bicyclic) bond motifs is 1. The number of rotatable bonds is 7. The summed E-state index contributed by atoms with van der Waals surface area (Å²) in [6.07, 6.45) is -5.10. The fourth-order valence-electron chi connectivity index (χ4n) is 6.17. The van der Waals surface area contributed by atoms with Gasteiger partial charge in [0, 0.05) is 36.7 Å². The first-order valence-electron chi connectivity index (χ1n) is 15.3. The maximum atomic E-state index is 15.8. The predicted octanol–water partition coefficient (Wildman–Crippen LogP) is 7.65. The number of carboxylic acids is 1. The molecule has 14 heteroatoms. The lowest BCUT2D eigenvalue weighted by Gasteiger charge is -2.33. The number of halogens is 6. The lowest BCUT2D eigenvalue weighted by molar-refractivity contribution is -0.183. The molecule has 2 heterocycles. The fraction of sp³-hybridized carbons (Fsp3) is 0.531. The van der Waals surface area contributed by atoms with Crippen LogP contribution in [0, 0.1) is 23.0 Å². The van der Waals surface area contributed by atoms with E-state index in [1.807, 2.05) is 0 Å². The smallest absolute Gasteiger partial charge is 0.391 e. The number of benzene rings is 2. The van der Waals surface area contributed by atoms with E-state index in [1.165, 1.54) is 12.1 Å². The highest BCUT2D eigenvalue weighted by atomic mass is 19.4. The molecule has 1 aromatic heterocycles. The normalized spacial score (nSPS) is 19.8. The number of piperidine rings is 1. The number of imidazole rings is 1. The van der Waals surface area contributed by atoms with Gasteiger partial charge in [-0.15, -0.1) is 0 Å². The van der Waals surface area contributed by atoms with E-state index in [4.69, 9.17) is 0 Å². The van der Waals surface area contributed by atoms with Gasteiger partial charge in [0.2, 0.25) is 11.9 Å². The van der Waals surface area contributed by atoms with Crippen molar-refractivity contribution in [1.82, 2.24) is 14.9 Å². The molecule has 0 atom stereocenters. The summed E-state index contributed by atoms with van der Waals surface area (Å²) in [5.41, 5.74) is -0.601. The van der Waals surface area contributed by atoms with E-state index in [-0.39, 0.29) is 86.7 Å². The molecular formula is C32H37F6N5O3. The van der Waals surface area contributed by atoms with Crippen molar-refractivity contribution in [3.8, 4) is 0 Å². The number of carbonyl (C=O) groups is 2. The highest BCUT2D eigenvalue weighted by Gasteiger charge is 2.42. The summed E-state index contributed by atoms with van der Waals surface area (Å²) < 4.78 is 87.0. The Labute approximate surface area is 262 Å². The molecule has 0 radical (unpaired) electrons. The number of amides is 1. The number of carbonyl (C=O) groups excluding carboxylic acids is 1. The van der Waals surface area contributed by atoms with Gasteiger partial charge >= 0.3 is 12.1 Å². The van der Waals surface area contributed by atoms with E-state index in [9.17, 15) is 32.3 Å². The van der Waals surface area contributed by atoms with Crippen LogP contribution in [-0.4, -0.2) is 52.0 Å². The third-order valence-electron chi connectivity index (χ3n) is 8.86. The van der Waals surface area contributed by atoms with Gasteiger partial charge < -0.3 is 25.2 Å². The summed E-state index contributed by atoms with van der Waals surface area (Å²) in [6, 6.07) is 4.57. The Morgan fingerprint density at radius 2 is 1.65 bits per heavy atom. The fourth-order valence-corrected chi connectivity index (χ4v) is 6.17. The molecule has 3 aromatic rings. The van der Waals surface area contributed by atoms with Crippen LogP contribution in [0.1, 0.15) is 81.3 Å². The van der Waals surface area contributed by atoms with Crippen LogP contribution in [0.2, 0.25) is 0 Å². The van der Waals surface area contributed by atoms with Gasteiger partial charge in [0.15, 0.2) is 5.82 Å². The lowest BCUT2D eigenvalue weighted by atomic mass is 9.85. The molecule has 1 amide bonds. The summed E-state index contributed by atoms with van der Waals surface area (Å²) in [6.45, 7) is 5.36. The van der Waals surface area contributed by atoms with Crippen LogP contribution in [0.3, 0.4) is 0 Å². The van der Waals surface area contributed by atoms with Crippen LogP contribution in [0.4, 0.5) is 43.7 Å². The van der Waals surface area contributed by atoms with E-state index < -0.39 is 53.0 Å². The zero-order valence-electron chi connectivity index (χ0n) is 25.8. The molecule has 2 aliphatic rings. The Hall–Kier alpha value is -3.97. The van der Waals surface area contributed by atoms with Crippen molar-refractivity contribution in [3.05, 3.63) is 47.0 Å². The van der Waals surface area contributed by atoms with Crippen molar-refractivity contribution in [2.75, 3.05) is 23.3 Å². The molecule has 0 spiro atoms. The monoisotopic (exact) mass is 653 g/mol. The minimum atomic E-state index is -4.36. The zero-order valence-corrected chi connectivity index (χ0v) is 25.8. The Morgan fingerprint density at radius 3 is 2.24 bits per heavy atom. The van der Waals surface area contributed by atoms with Crippen LogP contribution < -0.4 is 15.5 Å². The summed E-state index contributed by atoms with van der Waals surface area (Å²) in [5.74, 6) is -5.12. The van der Waals surface area contributed by atoms with Crippen molar-refractivity contribution in [3.63, 3.8) is 0 Å². The van der Waals surface area contributed by atoms with Crippen molar-refractivity contribution in [2.45, 2.75) is 84.2 Å². The molecule has 3 N–H and O–H groups in total. The number of nitrogens with zero attached hydrogens (tertiary/aromatic N) is 3. The van der Waals surface area contributed by atoms with Crippen LogP contribution in [-0.2, 0) is 11.3 Å². The van der Waals surface area contributed by atoms with Crippen LogP contribution in [0.5, 0.6) is 0 Å². The van der Waals surface area contributed by atoms with Gasteiger partial charge in [0.25, 0.3) is 0 Å². The minimum absolute atomic E-state index is 0.0124. The number of carboxylic acid groups (broad SMARTS) is 1. The van der Waals surface area contributed by atoms with Crippen molar-refractivity contribution >= 4 is 40.2 Å². The molecule has 1 aliphatic heterocycles. The Balaban J connectivity index is 1.58. The molecule has 250 valence electrons. The van der Waals surface area contributed by atoms with E-state index in [1.54, 1.807) is 36.3 Å². The van der Waals surface area contributed by atoms with Crippen molar-refractivity contribution < 1.29 is 41.0 Å². The van der Waals surface area contributed by atoms with Gasteiger partial charge in [0.1, 0.15) is 17.7 Å². The van der Waals surface area contributed by atoms with Gasteiger partial charge in [0.05, 0.1) is 28.2 Å². The Bertz CT molecular complexity index is 1620. The molecule has 5 rings (SSSR count). The summed E-state index contributed by atoms with van der Waals surface area (Å²) in [5, 5.41) is 15.4. The number of alkyl halides is 4. The van der Waals surface area contributed by atoms with Crippen LogP contribution in [0.25, 0.3) is 11.0 Å². The highest BCUT2D eigenvalue weighted by Crippen LogP contribution is 2.44. The number of aromatic nitrogens is 2. The molecule has 1 saturated heterocycles. The zero-order chi connectivity index (χ0) is 33.6. The van der Waals surface area contributed by atoms with E-state index in [0.29, 0.717) is 11.2 Å². The predicted molar refractivity (Wildman–Crippen MR) is 161 cm³/mol. The second kappa shape index (κ2) is 12.7. The molecule has 0 unspecified atom stereocenters. The third kappa shape index (κ3) is 6.90. The van der Waals surface area contributed by atoms with Crippen LogP contribution in [0.15, 0.2) is 24.3 Å². The van der Waals surface area contributed by atoms with E-state index >= 15 is 8.78 Å². The standard InChI is InChI=1S/C32H37F6N5O3/c1-31(2,3)29(46)39-16-17-4-9-22(34)27(26(17)35)41-30-40-23-14-21(28(44)45)24(42-12-10-19(33)11-13-42)15-25(23)43(30)20-7-5-18(6-8-20)32(36,37)38/h4,9,14-15,18-20H,5-8,10-13,16H2,1-3H3,(H,39,46)(H,40,41)(H,44,45). The van der Waals surface area contributed by atoms with Gasteiger partial charge in [-0.3, -0.25) is 4.79 Å². The maximum absolute atomic E-state index is 15.8. The maximum Gasteiger partial charge on any atom is 0.391 e. The Kier molecular flexibility index (Phi) is 9.20. The topological polar surface area (TPSA) is 99.5 Å². The molecule has 2 fully saturated rings. The first-order chi connectivity index (χ1) is 21.5. The van der Waals surface area contributed by atoms with Crippen LogP contribution >= 0.6 is 0 Å². The lowest BCUT2D eigenvalue weighted by Crippen LogP contribution is -2.35. The molecular weight excluding hydrogens is 616 g/mol. The number of hydrogen-bond acceptors (Lipinski definition) is 5. The summed E-state index contributed by atoms with van der Waals surface area (Å²) in [7, 11) is 0. The quantitative estimate of drug-likeness (QED) is 0.227. The SMILES string of the molecule is CC(C)(C)C(=O)NCc1ccc(F)c(Nc2nc3cc(C(=O)O)c(N4CCC(F)CC4)cc3n2C2CCC(C(F)(F)F)CC2)c1F. The van der Waals surface area contributed by atoms with E-state index in [0.717, 1.165) is 6.07 Å². The summed E-state index contributed by atoms with van der Waals surface area (Å²) >= 11 is 0. The van der Waals surface area contributed by atoms with Crippen molar-refractivity contribution in [1.29, 1.82) is 0 Å². The second-order valence-electron chi connectivity index (χ2n) is 13.1. The first kappa shape index (κ1) is 33.4. The number of aromatic carboxylic acids is 1. The molecule has 46 heavy (non-hydrogen) atoms. The number of nitrogens with one attached hydrogen (secondary N) is 2. The highest BCUT2D eigenvalue weighted by molar-refractivity contribution is 6.00. The largest absolute Gasteiger partial charge is 0.478 e. The molecule has 1 saturated carbocycles. The van der Waals surface area contributed by atoms with Gasteiger partial charge in [-0.1, -0.05) is 26.8 Å². The van der Waals surface area contributed by atoms with E-state index in [2.05, 4.69) is 15.6 Å². The molecule has 0 bridgehead atoms. The molecule has 1 aliphatic carbocycles. The Morgan fingerprint density at radius 1 is 1.00 bits per heavy atom. The molecule has 2 aromatic carbocycles. The average molecular weight is 654 g/mol. The second-order valence-corrected chi connectivity index (χ2v) is 13.1. The number of anilines is 3. The third-order valence-corrected chi connectivity index (χ3v) is 8.86. The average Bonchev–Trinajstić information content (AvgIpc) is 3.34. The number of hydrogen-bond donors (Lipinski definition) is 3. The molecule has 8 nitrogen and oxygen atoms in total. The summed E-state index contributed by atoms with van der Waals surface area (Å²) in [4.78, 5) is 30.9. The first-order valence-corrected chi connectivity index (χ1v) is 15.3. The van der Waals surface area contributed by atoms with Gasteiger partial charge in [-0.05, 0) is 56.7 Å². The minimum Gasteiger partial charge on any atom is -0.478 e. The van der Waals surface area contributed by atoms with Crippen molar-refractivity contribution in [2.24, 2.45) is 11.3 Å². The van der Waals surface area contributed by atoms with Gasteiger partial charge in [-0.2, -0.15) is 13.2 Å². The van der Waals surface area contributed by atoms with Gasteiger partial charge in [-0.25, -0.2) is 22.9 Å².